The minimum Gasteiger partial charge on any atom is -0.354 e. The average molecular weight is 548 g/mol. The molecule has 1 aromatic carbocycles. The van der Waals surface area contributed by atoms with Crippen molar-refractivity contribution in [3.8, 4) is 11.1 Å². The number of amides is 2. The number of aromatic amines is 1. The number of carbonyl (C=O) groups excluding carboxylic acids is 2. The Labute approximate surface area is 232 Å². The summed E-state index contributed by atoms with van der Waals surface area (Å²) in [6, 6.07) is 2.32. The Morgan fingerprint density at radius 1 is 1.23 bits per heavy atom. The van der Waals surface area contributed by atoms with Crippen LogP contribution in [-0.2, 0) is 9.59 Å². The van der Waals surface area contributed by atoms with Crippen molar-refractivity contribution in [3.05, 3.63) is 41.2 Å². The summed E-state index contributed by atoms with van der Waals surface area (Å²) in [5.74, 6) is 1.63. The lowest BCUT2D eigenvalue weighted by atomic mass is 9.60. The van der Waals surface area contributed by atoms with Gasteiger partial charge < -0.3 is 14.7 Å². The van der Waals surface area contributed by atoms with Gasteiger partial charge in [-0.3, -0.25) is 19.4 Å². The molecule has 3 aliphatic heterocycles. The van der Waals surface area contributed by atoms with Crippen LogP contribution in [0.25, 0.3) is 22.0 Å². The summed E-state index contributed by atoms with van der Waals surface area (Å²) in [7, 11) is 1.91. The fourth-order valence-electron chi connectivity index (χ4n) is 7.70. The number of benzene rings is 1. The third-order valence-electron chi connectivity index (χ3n) is 9.70. The first-order valence-corrected chi connectivity index (χ1v) is 14.2. The van der Waals surface area contributed by atoms with Gasteiger partial charge in [0.25, 0.3) is 0 Å². The quantitative estimate of drug-likeness (QED) is 0.499. The average Bonchev–Trinajstić information content (AvgIpc) is 3.54. The van der Waals surface area contributed by atoms with Crippen LogP contribution in [0.2, 0.25) is 5.02 Å². The highest BCUT2D eigenvalue weighted by Gasteiger charge is 2.54. The van der Waals surface area contributed by atoms with Crippen LogP contribution >= 0.6 is 11.6 Å². The molecule has 2 amide bonds. The van der Waals surface area contributed by atoms with Crippen molar-refractivity contribution < 1.29 is 9.59 Å². The molecule has 1 aliphatic carbocycles. The molecule has 204 valence electrons. The van der Waals surface area contributed by atoms with Crippen LogP contribution in [0.1, 0.15) is 36.6 Å². The maximum atomic E-state index is 12.7. The number of hydrogen-bond acceptors (Lipinski definition) is 5. The molecular weight excluding hydrogens is 514 g/mol. The summed E-state index contributed by atoms with van der Waals surface area (Å²) >= 11 is 7.05. The van der Waals surface area contributed by atoms with Crippen LogP contribution < -0.4 is 4.90 Å². The third kappa shape index (κ3) is 3.58. The third-order valence-corrected chi connectivity index (χ3v) is 10.2. The number of rotatable bonds is 4. The van der Waals surface area contributed by atoms with Gasteiger partial charge in [-0.05, 0) is 50.8 Å². The highest BCUT2D eigenvalue weighted by Crippen LogP contribution is 2.55. The molecule has 9 nitrogen and oxygen atoms in total. The second-order valence-corrected chi connectivity index (χ2v) is 12.6. The molecule has 4 fully saturated rings. The van der Waals surface area contributed by atoms with Gasteiger partial charge in [0.05, 0.1) is 22.8 Å². The van der Waals surface area contributed by atoms with Gasteiger partial charge in [-0.2, -0.15) is 10.2 Å². The Morgan fingerprint density at radius 3 is 2.74 bits per heavy atom. The SMILES string of the molecule is C=CC(=O)N1CC2(CC(n3nc(N4CC[C@H]5C(=O)N(C)C[C@H]5C4)c(-c4c(Cl)c(C)cc5[nH]ncc45)c3C)C2)C1. The normalized spacial score (nSPS) is 24.3. The summed E-state index contributed by atoms with van der Waals surface area (Å²) in [6.45, 7) is 11.8. The van der Waals surface area contributed by atoms with Gasteiger partial charge in [-0.25, -0.2) is 0 Å². The molecule has 0 unspecified atom stereocenters. The highest BCUT2D eigenvalue weighted by atomic mass is 35.5. The lowest BCUT2D eigenvalue weighted by Gasteiger charge is -2.58. The molecule has 7 rings (SSSR count). The van der Waals surface area contributed by atoms with Crippen molar-refractivity contribution in [2.24, 2.45) is 17.3 Å². The van der Waals surface area contributed by atoms with Crippen LogP contribution in [0.4, 0.5) is 5.82 Å². The van der Waals surface area contributed by atoms with Gasteiger partial charge in [-0.15, -0.1) is 0 Å². The van der Waals surface area contributed by atoms with E-state index < -0.39 is 0 Å². The number of nitrogens with one attached hydrogen (secondary N) is 1. The van der Waals surface area contributed by atoms with E-state index >= 15 is 0 Å². The summed E-state index contributed by atoms with van der Waals surface area (Å²) in [4.78, 5) is 30.8. The Morgan fingerprint density at radius 2 is 2.00 bits per heavy atom. The zero-order valence-electron chi connectivity index (χ0n) is 22.7. The van der Waals surface area contributed by atoms with E-state index in [0.717, 1.165) is 96.1 Å². The first kappa shape index (κ1) is 24.7. The number of fused-ring (bicyclic) bond motifs is 2. The van der Waals surface area contributed by atoms with Crippen LogP contribution in [-0.4, -0.2) is 81.4 Å². The number of aryl methyl sites for hydroxylation is 1. The van der Waals surface area contributed by atoms with E-state index in [-0.39, 0.29) is 29.2 Å². The molecule has 1 spiro atoms. The van der Waals surface area contributed by atoms with Crippen LogP contribution in [0.5, 0.6) is 0 Å². The largest absolute Gasteiger partial charge is 0.354 e. The van der Waals surface area contributed by atoms with Crippen molar-refractivity contribution in [1.29, 1.82) is 0 Å². The molecule has 2 atom stereocenters. The number of hydrogen-bond donors (Lipinski definition) is 1. The fourth-order valence-corrected chi connectivity index (χ4v) is 7.95. The van der Waals surface area contributed by atoms with E-state index in [1.807, 2.05) is 36.0 Å². The van der Waals surface area contributed by atoms with Crippen LogP contribution in [0.15, 0.2) is 24.9 Å². The second-order valence-electron chi connectivity index (χ2n) is 12.2. The minimum atomic E-state index is 0.0153. The molecule has 0 bridgehead atoms. The molecule has 4 aliphatic rings. The molecule has 3 saturated heterocycles. The van der Waals surface area contributed by atoms with E-state index in [4.69, 9.17) is 16.7 Å². The van der Waals surface area contributed by atoms with E-state index in [2.05, 4.69) is 33.3 Å². The van der Waals surface area contributed by atoms with Crippen molar-refractivity contribution in [3.63, 3.8) is 0 Å². The smallest absolute Gasteiger partial charge is 0.245 e. The Bertz CT molecular complexity index is 1530. The summed E-state index contributed by atoms with van der Waals surface area (Å²) in [5, 5.41) is 14.5. The summed E-state index contributed by atoms with van der Waals surface area (Å²) < 4.78 is 2.20. The van der Waals surface area contributed by atoms with Crippen LogP contribution in [0, 0.1) is 31.1 Å². The minimum absolute atomic E-state index is 0.0153. The maximum Gasteiger partial charge on any atom is 0.245 e. The van der Waals surface area contributed by atoms with Gasteiger partial charge in [0, 0.05) is 79.2 Å². The van der Waals surface area contributed by atoms with Crippen molar-refractivity contribution in [1.82, 2.24) is 29.8 Å². The lowest BCUT2D eigenvalue weighted by molar-refractivity contribution is -0.149. The number of piperidine rings is 1. The molecule has 5 heterocycles. The van der Waals surface area contributed by atoms with E-state index in [1.165, 1.54) is 6.08 Å². The maximum absolute atomic E-state index is 12.7. The van der Waals surface area contributed by atoms with Gasteiger partial charge in [0.1, 0.15) is 0 Å². The topological polar surface area (TPSA) is 90.4 Å². The summed E-state index contributed by atoms with van der Waals surface area (Å²) in [5.41, 5.74) is 5.27. The van der Waals surface area contributed by atoms with E-state index in [9.17, 15) is 9.59 Å². The van der Waals surface area contributed by atoms with Gasteiger partial charge in [0.15, 0.2) is 5.82 Å². The van der Waals surface area contributed by atoms with Crippen molar-refractivity contribution in [2.75, 3.05) is 44.7 Å². The zero-order chi connectivity index (χ0) is 27.2. The molecule has 0 radical (unpaired) electrons. The lowest BCUT2D eigenvalue weighted by Crippen LogP contribution is -2.63. The van der Waals surface area contributed by atoms with E-state index in [0.29, 0.717) is 5.92 Å². The van der Waals surface area contributed by atoms with Gasteiger partial charge in [0.2, 0.25) is 11.8 Å². The standard InChI is InChI=1S/C29H34ClN7O2/c1-5-23(38)36-14-29(15-36)9-19(10-29)37-17(3)24(25-21-11-31-32-22(21)8-16(2)26(25)30)27(33-37)35-7-6-20-18(13-35)12-34(4)28(20)39/h5,8,11,18-20H,1,6-7,9-10,12-15H2,2-4H3,(H,31,32)/t18-,20+/m0/s1. The predicted molar refractivity (Wildman–Crippen MR) is 151 cm³/mol. The molecular formula is C29H34ClN7O2. The van der Waals surface area contributed by atoms with Crippen LogP contribution in [0.3, 0.4) is 0 Å². The van der Waals surface area contributed by atoms with Crippen molar-refractivity contribution >= 4 is 40.1 Å². The van der Waals surface area contributed by atoms with Crippen molar-refractivity contribution in [2.45, 2.75) is 39.2 Å². The van der Waals surface area contributed by atoms with E-state index in [1.54, 1.807) is 0 Å². The number of carbonyl (C=O) groups is 2. The molecule has 3 aromatic rings. The highest BCUT2D eigenvalue weighted by molar-refractivity contribution is 6.36. The molecule has 2 aromatic heterocycles. The number of halogens is 1. The fraction of sp³-hybridized carbons (Fsp3) is 0.517. The number of nitrogens with zero attached hydrogens (tertiary/aromatic N) is 6. The Balaban J connectivity index is 1.28. The van der Waals surface area contributed by atoms with Gasteiger partial charge >= 0.3 is 0 Å². The first-order valence-electron chi connectivity index (χ1n) is 13.8. The molecule has 10 heteroatoms. The second kappa shape index (κ2) is 8.58. The van der Waals surface area contributed by atoms with Gasteiger partial charge in [-0.1, -0.05) is 18.2 Å². The Kier molecular flexibility index (Phi) is 5.43. The molecule has 1 saturated carbocycles. The first-order chi connectivity index (χ1) is 18.7. The monoisotopic (exact) mass is 547 g/mol. The zero-order valence-corrected chi connectivity index (χ0v) is 23.5. The molecule has 1 N–H and O–H groups in total. The summed E-state index contributed by atoms with van der Waals surface area (Å²) in [6.07, 6.45) is 6.09. The molecule has 39 heavy (non-hydrogen) atoms. The number of H-pyrrole nitrogens is 1. The predicted octanol–water partition coefficient (Wildman–Crippen LogP) is 3.96. The number of anilines is 1. The number of aromatic nitrogens is 4. The number of likely N-dealkylation sites (tertiary alicyclic amines) is 2. The Hall–Kier alpha value is -3.33.